The quantitative estimate of drug-likeness (QED) is 0.841. The second-order valence-corrected chi connectivity index (χ2v) is 7.22. The Morgan fingerprint density at radius 2 is 1.88 bits per heavy atom. The topological polar surface area (TPSA) is 69.0 Å². The molecule has 5 nitrogen and oxygen atoms in total. The number of carbonyl (C=O) groups excluding carboxylic acids is 1. The zero-order chi connectivity index (χ0) is 19.0. The van der Waals surface area contributed by atoms with Gasteiger partial charge in [-0.15, -0.1) is 0 Å². The van der Waals surface area contributed by atoms with Gasteiger partial charge in [-0.1, -0.05) is 39.0 Å². The molecule has 136 valence electrons. The Bertz CT molecular complexity index is 742. The lowest BCUT2D eigenvalue weighted by Gasteiger charge is -2.23. The van der Waals surface area contributed by atoms with Crippen LogP contribution in [0.25, 0.3) is 0 Å². The highest BCUT2D eigenvalue weighted by Crippen LogP contribution is 2.23. The van der Waals surface area contributed by atoms with Crippen LogP contribution in [-0.2, 0) is 11.8 Å². The maximum Gasteiger partial charge on any atom is 0.321 e. The first-order valence-electron chi connectivity index (χ1n) is 8.83. The van der Waals surface area contributed by atoms with Crippen molar-refractivity contribution < 1.29 is 4.79 Å². The van der Waals surface area contributed by atoms with Gasteiger partial charge in [0.2, 0.25) is 0 Å². The minimum absolute atomic E-state index is 0.0735. The van der Waals surface area contributed by atoms with E-state index < -0.39 is 0 Å². The standard InChI is InChI=1S/C21H26N4O/c1-21(2,3)17-8-10-19(11-9-17)24-20(26)25(15-6-13-22)16-12-18-7-4-5-14-23-18/h4-5,7-11,14H,6,12,15-16H2,1-3H3,(H,24,26). The van der Waals surface area contributed by atoms with Gasteiger partial charge in [0, 0.05) is 37.1 Å². The van der Waals surface area contributed by atoms with Crippen LogP contribution in [-0.4, -0.2) is 29.0 Å². The number of nitriles is 1. The van der Waals surface area contributed by atoms with Crippen LogP contribution >= 0.6 is 0 Å². The highest BCUT2D eigenvalue weighted by molar-refractivity contribution is 5.89. The van der Waals surface area contributed by atoms with E-state index in [0.717, 1.165) is 11.4 Å². The number of rotatable bonds is 6. The van der Waals surface area contributed by atoms with Gasteiger partial charge in [-0.05, 0) is 35.2 Å². The lowest BCUT2D eigenvalue weighted by Crippen LogP contribution is -2.37. The Morgan fingerprint density at radius 1 is 1.15 bits per heavy atom. The van der Waals surface area contributed by atoms with Crippen LogP contribution in [0.15, 0.2) is 48.7 Å². The van der Waals surface area contributed by atoms with E-state index >= 15 is 0 Å². The smallest absolute Gasteiger partial charge is 0.321 e. The molecule has 2 rings (SSSR count). The molecule has 0 fully saturated rings. The Kier molecular flexibility index (Phi) is 6.74. The van der Waals surface area contributed by atoms with E-state index in [1.807, 2.05) is 42.5 Å². The summed E-state index contributed by atoms with van der Waals surface area (Å²) in [6.07, 6.45) is 2.70. The molecule has 0 spiro atoms. The first kappa shape index (κ1) is 19.5. The molecule has 1 heterocycles. The van der Waals surface area contributed by atoms with Crippen LogP contribution in [0.5, 0.6) is 0 Å². The van der Waals surface area contributed by atoms with Crippen LogP contribution in [0, 0.1) is 11.3 Å². The van der Waals surface area contributed by atoms with Gasteiger partial charge in [0.05, 0.1) is 12.5 Å². The van der Waals surface area contributed by atoms with Crippen molar-refractivity contribution in [1.82, 2.24) is 9.88 Å². The summed E-state index contributed by atoms with van der Waals surface area (Å²) in [4.78, 5) is 18.6. The number of nitrogens with one attached hydrogen (secondary N) is 1. The van der Waals surface area contributed by atoms with E-state index in [1.165, 1.54) is 5.56 Å². The molecule has 0 aliphatic carbocycles. The van der Waals surface area contributed by atoms with Crippen molar-refractivity contribution >= 4 is 11.7 Å². The molecule has 0 saturated heterocycles. The van der Waals surface area contributed by atoms with Crippen LogP contribution < -0.4 is 5.32 Å². The monoisotopic (exact) mass is 350 g/mol. The van der Waals surface area contributed by atoms with Crippen molar-refractivity contribution in [1.29, 1.82) is 5.26 Å². The maximum absolute atomic E-state index is 12.6. The third-order valence-corrected chi connectivity index (χ3v) is 4.15. The number of urea groups is 1. The number of anilines is 1. The molecule has 1 N–H and O–H groups in total. The average molecular weight is 350 g/mol. The van der Waals surface area contributed by atoms with Crippen molar-refractivity contribution in [2.24, 2.45) is 0 Å². The van der Waals surface area contributed by atoms with Crippen LogP contribution in [0.1, 0.15) is 38.4 Å². The molecule has 0 atom stereocenters. The van der Waals surface area contributed by atoms with Crippen molar-refractivity contribution in [3.8, 4) is 6.07 Å². The fraction of sp³-hybridized carbons (Fsp3) is 0.381. The number of benzene rings is 1. The first-order valence-corrected chi connectivity index (χ1v) is 8.83. The van der Waals surface area contributed by atoms with Crippen LogP contribution in [0.4, 0.5) is 10.5 Å². The maximum atomic E-state index is 12.6. The van der Waals surface area contributed by atoms with Gasteiger partial charge < -0.3 is 10.2 Å². The Labute approximate surface area is 155 Å². The second-order valence-electron chi connectivity index (χ2n) is 7.22. The van der Waals surface area contributed by atoms with Gasteiger partial charge >= 0.3 is 6.03 Å². The lowest BCUT2D eigenvalue weighted by molar-refractivity contribution is 0.213. The third-order valence-electron chi connectivity index (χ3n) is 4.15. The second kappa shape index (κ2) is 9.00. The fourth-order valence-electron chi connectivity index (χ4n) is 2.55. The molecule has 1 aromatic heterocycles. The summed E-state index contributed by atoms with van der Waals surface area (Å²) in [5, 5.41) is 11.8. The number of hydrogen-bond donors (Lipinski definition) is 1. The number of aromatic nitrogens is 1. The molecular weight excluding hydrogens is 324 g/mol. The summed E-state index contributed by atoms with van der Waals surface area (Å²) in [6, 6.07) is 15.5. The Balaban J connectivity index is 2.00. The van der Waals surface area contributed by atoms with E-state index in [1.54, 1.807) is 11.1 Å². The van der Waals surface area contributed by atoms with Gasteiger partial charge in [-0.3, -0.25) is 4.98 Å². The molecule has 2 amide bonds. The zero-order valence-electron chi connectivity index (χ0n) is 15.7. The number of nitrogens with zero attached hydrogens (tertiary/aromatic N) is 3. The van der Waals surface area contributed by atoms with Crippen molar-refractivity contribution in [2.75, 3.05) is 18.4 Å². The molecule has 0 radical (unpaired) electrons. The van der Waals surface area contributed by atoms with Gasteiger partial charge in [0.25, 0.3) is 0 Å². The number of pyridine rings is 1. The Morgan fingerprint density at radius 3 is 2.46 bits per heavy atom. The minimum Gasteiger partial charge on any atom is -0.323 e. The summed E-state index contributed by atoms with van der Waals surface area (Å²) < 4.78 is 0. The molecule has 2 aromatic rings. The summed E-state index contributed by atoms with van der Waals surface area (Å²) >= 11 is 0. The minimum atomic E-state index is -0.195. The molecular formula is C21H26N4O. The van der Waals surface area contributed by atoms with E-state index in [2.05, 4.69) is 37.1 Å². The highest BCUT2D eigenvalue weighted by Gasteiger charge is 2.16. The summed E-state index contributed by atoms with van der Waals surface area (Å²) in [7, 11) is 0. The molecule has 0 saturated carbocycles. The third kappa shape index (κ3) is 5.89. The molecule has 0 aliphatic heterocycles. The average Bonchev–Trinajstić information content (AvgIpc) is 2.62. The first-order chi connectivity index (χ1) is 12.4. The largest absolute Gasteiger partial charge is 0.323 e. The van der Waals surface area contributed by atoms with E-state index in [4.69, 9.17) is 5.26 Å². The number of hydrogen-bond acceptors (Lipinski definition) is 3. The summed E-state index contributed by atoms with van der Waals surface area (Å²) in [5.74, 6) is 0. The molecule has 1 aromatic carbocycles. The number of carbonyl (C=O) groups is 1. The summed E-state index contributed by atoms with van der Waals surface area (Å²) in [5.41, 5.74) is 2.97. The molecule has 0 bridgehead atoms. The predicted octanol–water partition coefficient (Wildman–Crippen LogP) is 4.37. The molecule has 0 aliphatic rings. The highest BCUT2D eigenvalue weighted by atomic mass is 16.2. The Hall–Kier alpha value is -2.87. The fourth-order valence-corrected chi connectivity index (χ4v) is 2.55. The predicted molar refractivity (Wildman–Crippen MR) is 104 cm³/mol. The summed E-state index contributed by atoms with van der Waals surface area (Å²) in [6.45, 7) is 7.38. The van der Waals surface area contributed by atoms with Crippen molar-refractivity contribution in [3.05, 3.63) is 59.9 Å². The van der Waals surface area contributed by atoms with Crippen molar-refractivity contribution in [3.63, 3.8) is 0 Å². The van der Waals surface area contributed by atoms with Crippen LogP contribution in [0.2, 0.25) is 0 Å². The van der Waals surface area contributed by atoms with Gasteiger partial charge in [-0.25, -0.2) is 4.79 Å². The van der Waals surface area contributed by atoms with Crippen LogP contribution in [0.3, 0.4) is 0 Å². The molecule has 0 unspecified atom stereocenters. The van der Waals surface area contributed by atoms with E-state index in [9.17, 15) is 4.79 Å². The van der Waals surface area contributed by atoms with Gasteiger partial charge in [-0.2, -0.15) is 5.26 Å². The number of amides is 2. The van der Waals surface area contributed by atoms with E-state index in [-0.39, 0.29) is 11.4 Å². The van der Waals surface area contributed by atoms with E-state index in [0.29, 0.717) is 25.9 Å². The van der Waals surface area contributed by atoms with Crippen molar-refractivity contribution in [2.45, 2.75) is 39.0 Å². The normalized spacial score (nSPS) is 10.8. The zero-order valence-corrected chi connectivity index (χ0v) is 15.7. The molecule has 26 heavy (non-hydrogen) atoms. The SMILES string of the molecule is CC(C)(C)c1ccc(NC(=O)N(CCC#N)CCc2ccccn2)cc1. The van der Waals surface area contributed by atoms with Gasteiger partial charge in [0.15, 0.2) is 0 Å². The van der Waals surface area contributed by atoms with Gasteiger partial charge in [0.1, 0.15) is 0 Å². The molecule has 5 heteroatoms. The lowest BCUT2D eigenvalue weighted by atomic mass is 9.87.